The average molecular weight is 209 g/mol. The smallest absolute Gasteiger partial charge is 0.137 e. The van der Waals surface area contributed by atoms with Crippen molar-refractivity contribution in [3.05, 3.63) is 48.8 Å². The van der Waals surface area contributed by atoms with Crippen LogP contribution in [0.3, 0.4) is 0 Å². The molecule has 0 spiro atoms. The van der Waals surface area contributed by atoms with Crippen molar-refractivity contribution >= 4 is 16.7 Å². The standard InChI is InChI=1S/C13H11N3/c14-10-3-1-2-9(8-10)11-4-6-15-13-12(11)5-7-16-13/h1-8H,14H2,(H,15,16). The first-order valence-electron chi connectivity index (χ1n) is 5.12. The molecule has 1 aromatic carbocycles. The van der Waals surface area contributed by atoms with Crippen molar-refractivity contribution < 1.29 is 0 Å². The maximum atomic E-state index is 5.79. The number of pyridine rings is 1. The Hall–Kier alpha value is -2.29. The predicted octanol–water partition coefficient (Wildman–Crippen LogP) is 2.81. The summed E-state index contributed by atoms with van der Waals surface area (Å²) in [6.45, 7) is 0. The highest BCUT2D eigenvalue weighted by molar-refractivity contribution is 5.93. The molecule has 0 saturated carbocycles. The molecular weight excluding hydrogens is 198 g/mol. The van der Waals surface area contributed by atoms with Crippen LogP contribution in [0.4, 0.5) is 5.69 Å². The van der Waals surface area contributed by atoms with Crippen molar-refractivity contribution in [1.82, 2.24) is 9.97 Å². The fourth-order valence-electron chi connectivity index (χ4n) is 1.92. The third-order valence-electron chi connectivity index (χ3n) is 2.66. The van der Waals surface area contributed by atoms with Crippen LogP contribution in [0.1, 0.15) is 0 Å². The SMILES string of the molecule is Nc1cccc(-c2ccnc3[nH]ccc23)c1. The minimum Gasteiger partial charge on any atom is -0.399 e. The Morgan fingerprint density at radius 1 is 1.12 bits per heavy atom. The highest BCUT2D eigenvalue weighted by atomic mass is 14.8. The molecule has 16 heavy (non-hydrogen) atoms. The Morgan fingerprint density at radius 3 is 2.94 bits per heavy atom. The van der Waals surface area contributed by atoms with E-state index in [0.29, 0.717) is 0 Å². The second-order valence-corrected chi connectivity index (χ2v) is 3.72. The summed E-state index contributed by atoms with van der Waals surface area (Å²) in [5.41, 5.74) is 9.74. The van der Waals surface area contributed by atoms with E-state index in [-0.39, 0.29) is 0 Å². The zero-order chi connectivity index (χ0) is 11.0. The normalized spacial score (nSPS) is 10.8. The van der Waals surface area contributed by atoms with Crippen LogP contribution in [-0.2, 0) is 0 Å². The molecular formula is C13H11N3. The third-order valence-corrected chi connectivity index (χ3v) is 2.66. The zero-order valence-corrected chi connectivity index (χ0v) is 8.64. The Labute approximate surface area is 92.9 Å². The van der Waals surface area contributed by atoms with E-state index in [4.69, 9.17) is 5.73 Å². The van der Waals surface area contributed by atoms with E-state index in [9.17, 15) is 0 Å². The van der Waals surface area contributed by atoms with Gasteiger partial charge in [-0.15, -0.1) is 0 Å². The van der Waals surface area contributed by atoms with E-state index >= 15 is 0 Å². The molecule has 0 unspecified atom stereocenters. The quantitative estimate of drug-likeness (QED) is 0.605. The minimum absolute atomic E-state index is 0.776. The number of aromatic nitrogens is 2. The maximum Gasteiger partial charge on any atom is 0.137 e. The summed E-state index contributed by atoms with van der Waals surface area (Å²) in [4.78, 5) is 7.36. The highest BCUT2D eigenvalue weighted by Gasteiger charge is 2.04. The second kappa shape index (κ2) is 3.38. The summed E-state index contributed by atoms with van der Waals surface area (Å²) in [5.74, 6) is 0. The topological polar surface area (TPSA) is 54.7 Å². The predicted molar refractivity (Wildman–Crippen MR) is 65.9 cm³/mol. The molecule has 0 fully saturated rings. The molecule has 3 nitrogen and oxygen atoms in total. The number of fused-ring (bicyclic) bond motifs is 1. The fraction of sp³-hybridized carbons (Fsp3) is 0. The minimum atomic E-state index is 0.776. The van der Waals surface area contributed by atoms with E-state index in [2.05, 4.69) is 16.0 Å². The van der Waals surface area contributed by atoms with Crippen molar-refractivity contribution in [2.24, 2.45) is 0 Å². The van der Waals surface area contributed by atoms with Crippen LogP contribution in [0.25, 0.3) is 22.2 Å². The van der Waals surface area contributed by atoms with Gasteiger partial charge in [0.2, 0.25) is 0 Å². The van der Waals surface area contributed by atoms with Crippen LogP contribution < -0.4 is 5.73 Å². The summed E-state index contributed by atoms with van der Waals surface area (Å²) in [7, 11) is 0. The second-order valence-electron chi connectivity index (χ2n) is 3.72. The lowest BCUT2D eigenvalue weighted by Gasteiger charge is -2.03. The monoisotopic (exact) mass is 209 g/mol. The number of hydrogen-bond donors (Lipinski definition) is 2. The van der Waals surface area contributed by atoms with Gasteiger partial charge in [-0.1, -0.05) is 12.1 Å². The number of benzene rings is 1. The van der Waals surface area contributed by atoms with Gasteiger partial charge < -0.3 is 10.7 Å². The Kier molecular flexibility index (Phi) is 1.90. The molecule has 3 aromatic rings. The first-order valence-corrected chi connectivity index (χ1v) is 5.12. The number of aromatic amines is 1. The van der Waals surface area contributed by atoms with Crippen molar-refractivity contribution in [3.63, 3.8) is 0 Å². The molecule has 2 heterocycles. The van der Waals surface area contributed by atoms with E-state index in [1.54, 1.807) is 6.20 Å². The molecule has 0 aliphatic rings. The maximum absolute atomic E-state index is 5.79. The van der Waals surface area contributed by atoms with Gasteiger partial charge in [-0.2, -0.15) is 0 Å². The van der Waals surface area contributed by atoms with Crippen molar-refractivity contribution in [2.45, 2.75) is 0 Å². The molecule has 2 aromatic heterocycles. The van der Waals surface area contributed by atoms with Crippen molar-refractivity contribution in [3.8, 4) is 11.1 Å². The van der Waals surface area contributed by atoms with Crippen LogP contribution in [-0.4, -0.2) is 9.97 Å². The number of rotatable bonds is 1. The molecule has 78 valence electrons. The zero-order valence-electron chi connectivity index (χ0n) is 8.64. The molecule has 3 rings (SSSR count). The highest BCUT2D eigenvalue weighted by Crippen LogP contribution is 2.27. The number of anilines is 1. The fourth-order valence-corrected chi connectivity index (χ4v) is 1.92. The lowest BCUT2D eigenvalue weighted by Crippen LogP contribution is -1.86. The first kappa shape index (κ1) is 8.97. The summed E-state index contributed by atoms with van der Waals surface area (Å²) < 4.78 is 0. The van der Waals surface area contributed by atoms with Crippen LogP contribution in [0.2, 0.25) is 0 Å². The van der Waals surface area contributed by atoms with Crippen molar-refractivity contribution in [1.29, 1.82) is 0 Å². The molecule has 0 atom stereocenters. The lowest BCUT2D eigenvalue weighted by molar-refractivity contribution is 1.33. The molecule has 0 aliphatic heterocycles. The van der Waals surface area contributed by atoms with Gasteiger partial charge in [-0.25, -0.2) is 4.98 Å². The van der Waals surface area contributed by atoms with Crippen LogP contribution in [0.15, 0.2) is 48.8 Å². The molecule has 3 N–H and O–H groups in total. The molecule has 0 radical (unpaired) electrons. The van der Waals surface area contributed by atoms with Gasteiger partial charge in [-0.05, 0) is 35.4 Å². The summed E-state index contributed by atoms with van der Waals surface area (Å²) in [6, 6.07) is 11.9. The number of nitrogens with zero attached hydrogens (tertiary/aromatic N) is 1. The van der Waals surface area contributed by atoms with E-state index in [1.165, 1.54) is 0 Å². The Morgan fingerprint density at radius 2 is 2.06 bits per heavy atom. The number of hydrogen-bond acceptors (Lipinski definition) is 2. The number of nitrogens with one attached hydrogen (secondary N) is 1. The largest absolute Gasteiger partial charge is 0.399 e. The number of H-pyrrole nitrogens is 1. The number of nitrogens with two attached hydrogens (primary N) is 1. The van der Waals surface area contributed by atoms with Gasteiger partial charge in [0, 0.05) is 23.5 Å². The molecule has 0 bridgehead atoms. The lowest BCUT2D eigenvalue weighted by atomic mass is 10.0. The van der Waals surface area contributed by atoms with Gasteiger partial charge in [0.1, 0.15) is 5.65 Å². The molecule has 0 saturated heterocycles. The summed E-state index contributed by atoms with van der Waals surface area (Å²) >= 11 is 0. The van der Waals surface area contributed by atoms with Crippen LogP contribution in [0.5, 0.6) is 0 Å². The van der Waals surface area contributed by atoms with Gasteiger partial charge >= 0.3 is 0 Å². The van der Waals surface area contributed by atoms with Gasteiger partial charge in [-0.3, -0.25) is 0 Å². The average Bonchev–Trinajstić information content (AvgIpc) is 2.76. The Bertz CT molecular complexity index is 640. The van der Waals surface area contributed by atoms with E-state index < -0.39 is 0 Å². The van der Waals surface area contributed by atoms with Gasteiger partial charge in [0.25, 0.3) is 0 Å². The van der Waals surface area contributed by atoms with Crippen LogP contribution in [0, 0.1) is 0 Å². The summed E-state index contributed by atoms with van der Waals surface area (Å²) in [6.07, 6.45) is 3.70. The van der Waals surface area contributed by atoms with E-state index in [0.717, 1.165) is 27.8 Å². The molecule has 3 heteroatoms. The van der Waals surface area contributed by atoms with Gasteiger partial charge in [0.05, 0.1) is 0 Å². The molecule has 0 amide bonds. The van der Waals surface area contributed by atoms with Crippen molar-refractivity contribution in [2.75, 3.05) is 5.73 Å². The Balaban J connectivity index is 2.29. The number of nitrogen functional groups attached to an aromatic ring is 1. The van der Waals surface area contributed by atoms with Gasteiger partial charge in [0.15, 0.2) is 0 Å². The van der Waals surface area contributed by atoms with E-state index in [1.807, 2.05) is 36.5 Å². The molecule has 0 aliphatic carbocycles. The summed E-state index contributed by atoms with van der Waals surface area (Å²) in [5, 5.41) is 1.12. The third kappa shape index (κ3) is 1.34. The van der Waals surface area contributed by atoms with Crippen LogP contribution >= 0.6 is 0 Å². The first-order chi connectivity index (χ1) is 7.84.